The molecule has 1 N–H and O–H groups in total. The van der Waals surface area contributed by atoms with Crippen LogP contribution in [0, 0.1) is 12.7 Å². The third kappa shape index (κ3) is 4.50. The highest BCUT2D eigenvalue weighted by Crippen LogP contribution is 2.23. The number of anilines is 1. The molecule has 0 amide bonds. The van der Waals surface area contributed by atoms with Crippen molar-refractivity contribution in [3.63, 3.8) is 0 Å². The average Bonchev–Trinajstić information content (AvgIpc) is 2.91. The first-order valence-corrected chi connectivity index (χ1v) is 7.50. The molecule has 0 atom stereocenters. The van der Waals surface area contributed by atoms with Crippen LogP contribution in [-0.2, 0) is 4.79 Å². The van der Waals surface area contributed by atoms with Crippen molar-refractivity contribution in [1.29, 1.82) is 0 Å². The molecular formula is C19H21FN2O. The Balaban J connectivity index is 0.000000229. The fraction of sp³-hybridized carbons (Fsp3) is 0.211. The zero-order valence-electron chi connectivity index (χ0n) is 13.6. The molecule has 1 aliphatic heterocycles. The number of carbonyl (C=O) groups is 1. The quantitative estimate of drug-likeness (QED) is 0.909. The molecule has 0 fully saturated rings. The van der Waals surface area contributed by atoms with E-state index in [-0.39, 0.29) is 11.6 Å². The predicted octanol–water partition coefficient (Wildman–Crippen LogP) is 4.01. The second-order valence-electron chi connectivity index (χ2n) is 5.42. The van der Waals surface area contributed by atoms with Gasteiger partial charge in [-0.25, -0.2) is 9.82 Å². The Morgan fingerprint density at radius 3 is 2.09 bits per heavy atom. The van der Waals surface area contributed by atoms with Crippen molar-refractivity contribution in [1.82, 2.24) is 5.43 Å². The van der Waals surface area contributed by atoms with E-state index in [9.17, 15) is 9.18 Å². The maximum absolute atomic E-state index is 12.8. The lowest BCUT2D eigenvalue weighted by Gasteiger charge is -2.19. The van der Waals surface area contributed by atoms with Crippen LogP contribution >= 0.6 is 0 Å². The molecule has 0 unspecified atom stereocenters. The van der Waals surface area contributed by atoms with Gasteiger partial charge in [-0.2, -0.15) is 0 Å². The van der Waals surface area contributed by atoms with Crippen molar-refractivity contribution in [3.05, 3.63) is 77.2 Å². The molecule has 0 saturated carbocycles. The molecule has 2 aromatic carbocycles. The van der Waals surface area contributed by atoms with Crippen molar-refractivity contribution in [2.24, 2.45) is 0 Å². The molecule has 0 aliphatic carbocycles. The lowest BCUT2D eigenvalue weighted by molar-refractivity contribution is -0.113. The van der Waals surface area contributed by atoms with E-state index in [1.807, 2.05) is 25.1 Å². The Morgan fingerprint density at radius 1 is 1.04 bits per heavy atom. The minimum Gasteiger partial charge on any atom is -0.295 e. The van der Waals surface area contributed by atoms with Gasteiger partial charge in [0.25, 0.3) is 0 Å². The van der Waals surface area contributed by atoms with Crippen LogP contribution in [-0.4, -0.2) is 12.3 Å². The van der Waals surface area contributed by atoms with Crippen LogP contribution in [0.2, 0.25) is 0 Å². The van der Waals surface area contributed by atoms with Gasteiger partial charge in [-0.1, -0.05) is 35.9 Å². The topological polar surface area (TPSA) is 32.3 Å². The number of carbonyl (C=O) groups excluding carboxylic acids is 1. The minimum atomic E-state index is -0.267. The molecule has 3 nitrogen and oxygen atoms in total. The fourth-order valence-corrected chi connectivity index (χ4v) is 2.33. The van der Waals surface area contributed by atoms with Gasteiger partial charge in [0.1, 0.15) is 5.82 Å². The van der Waals surface area contributed by atoms with E-state index < -0.39 is 0 Å². The van der Waals surface area contributed by atoms with E-state index in [1.165, 1.54) is 17.7 Å². The molecular weight excluding hydrogens is 291 g/mol. The lowest BCUT2D eigenvalue weighted by atomic mass is 10.1. The van der Waals surface area contributed by atoms with Crippen molar-refractivity contribution in [2.75, 3.05) is 11.6 Å². The van der Waals surface area contributed by atoms with Crippen LogP contribution in [0.15, 0.2) is 65.9 Å². The first-order valence-electron chi connectivity index (χ1n) is 7.50. The Morgan fingerprint density at radius 2 is 1.65 bits per heavy atom. The van der Waals surface area contributed by atoms with E-state index in [1.54, 1.807) is 24.1 Å². The number of ketones is 1. The van der Waals surface area contributed by atoms with Gasteiger partial charge in [0, 0.05) is 17.8 Å². The van der Waals surface area contributed by atoms with E-state index in [2.05, 4.69) is 24.5 Å². The molecule has 3 rings (SSSR count). The van der Waals surface area contributed by atoms with Crippen molar-refractivity contribution in [2.45, 2.75) is 20.8 Å². The number of Topliss-reactive ketones (excluding diaryl/α,β-unsaturated/α-hetero) is 1. The minimum absolute atomic E-state index is 0.0645. The second-order valence-corrected chi connectivity index (χ2v) is 5.42. The third-order valence-electron chi connectivity index (χ3n) is 3.64. The highest BCUT2D eigenvalue weighted by atomic mass is 19.1. The zero-order valence-corrected chi connectivity index (χ0v) is 13.6. The molecule has 4 heteroatoms. The van der Waals surface area contributed by atoms with Crippen LogP contribution in [0.3, 0.4) is 0 Å². The van der Waals surface area contributed by atoms with Gasteiger partial charge >= 0.3 is 0 Å². The number of nitrogens with zero attached hydrogens (tertiary/aromatic N) is 1. The number of allylic oxidation sites excluding steroid dienone is 1. The van der Waals surface area contributed by atoms with Gasteiger partial charge in [0.2, 0.25) is 0 Å². The molecule has 0 radical (unpaired) electrons. The molecule has 2 aromatic rings. The van der Waals surface area contributed by atoms with E-state index in [4.69, 9.17) is 0 Å². The Labute approximate surface area is 136 Å². The largest absolute Gasteiger partial charge is 0.295 e. The number of hydrazine groups is 1. The lowest BCUT2D eigenvalue weighted by Crippen LogP contribution is -2.30. The summed E-state index contributed by atoms with van der Waals surface area (Å²) in [4.78, 5) is 11.3. The Bertz CT molecular complexity index is 693. The van der Waals surface area contributed by atoms with Gasteiger partial charge in [0.05, 0.1) is 5.69 Å². The average molecular weight is 312 g/mol. The first-order chi connectivity index (χ1) is 11.0. The summed E-state index contributed by atoms with van der Waals surface area (Å²) in [5.74, 6) is -0.203. The summed E-state index contributed by atoms with van der Waals surface area (Å²) in [7, 11) is 0. The summed E-state index contributed by atoms with van der Waals surface area (Å²) >= 11 is 0. The maximum Gasteiger partial charge on any atom is 0.158 e. The Kier molecular flexibility index (Phi) is 5.66. The monoisotopic (exact) mass is 312 g/mol. The molecule has 0 spiro atoms. The molecule has 0 bridgehead atoms. The van der Waals surface area contributed by atoms with Crippen LogP contribution < -0.4 is 10.4 Å². The van der Waals surface area contributed by atoms with E-state index in [0.29, 0.717) is 6.54 Å². The van der Waals surface area contributed by atoms with Gasteiger partial charge < -0.3 is 0 Å². The predicted molar refractivity (Wildman–Crippen MR) is 91.4 cm³/mol. The number of halogens is 1. The molecule has 1 heterocycles. The van der Waals surface area contributed by atoms with Gasteiger partial charge in [-0.3, -0.25) is 9.80 Å². The highest BCUT2D eigenvalue weighted by molar-refractivity contribution is 5.95. The van der Waals surface area contributed by atoms with Crippen molar-refractivity contribution < 1.29 is 9.18 Å². The zero-order chi connectivity index (χ0) is 16.8. The number of nitrogens with one attached hydrogen (secondary N) is 1. The second kappa shape index (κ2) is 7.70. The summed E-state index contributed by atoms with van der Waals surface area (Å²) in [5.41, 5.74) is 6.88. The first kappa shape index (κ1) is 16.9. The third-order valence-corrected chi connectivity index (χ3v) is 3.64. The fourth-order valence-electron chi connectivity index (χ4n) is 2.33. The summed E-state index contributed by atoms with van der Waals surface area (Å²) < 4.78 is 12.8. The number of hydrogen-bond acceptors (Lipinski definition) is 3. The van der Waals surface area contributed by atoms with E-state index in [0.717, 1.165) is 17.0 Å². The maximum atomic E-state index is 12.8. The summed E-state index contributed by atoms with van der Waals surface area (Å²) in [5, 5.41) is 1.80. The molecule has 0 aromatic heterocycles. The number of rotatable bonds is 2. The summed E-state index contributed by atoms with van der Waals surface area (Å²) in [6, 6.07) is 16.4. The van der Waals surface area contributed by atoms with Gasteiger partial charge in [0.15, 0.2) is 5.78 Å². The number of benzene rings is 2. The molecule has 120 valence electrons. The van der Waals surface area contributed by atoms with Crippen molar-refractivity contribution in [3.8, 4) is 0 Å². The number of hydrogen-bond donors (Lipinski definition) is 1. The van der Waals surface area contributed by atoms with Gasteiger partial charge in [-0.05, 0) is 45.0 Å². The standard InChI is InChI=1S/C12H13FN2O.C7H8/c1-8-12(9(2)16)7-14-15(8)11-5-3-10(13)4-6-11;1-7-5-3-2-4-6-7/h3-6,14H,7H2,1-2H3;2-6H,1H3. The molecule has 23 heavy (non-hydrogen) atoms. The SMILES string of the molecule is CC(=O)C1=C(C)N(c2ccc(F)cc2)NC1.Cc1ccccc1. The normalized spacial score (nSPS) is 13.7. The van der Waals surface area contributed by atoms with Crippen LogP contribution in [0.1, 0.15) is 19.4 Å². The molecule has 1 aliphatic rings. The molecule has 0 saturated heterocycles. The van der Waals surface area contributed by atoms with Crippen LogP contribution in [0.5, 0.6) is 0 Å². The van der Waals surface area contributed by atoms with Crippen LogP contribution in [0.25, 0.3) is 0 Å². The number of aryl methyl sites for hydroxylation is 1. The highest BCUT2D eigenvalue weighted by Gasteiger charge is 2.22. The van der Waals surface area contributed by atoms with Gasteiger partial charge in [-0.15, -0.1) is 0 Å². The summed E-state index contributed by atoms with van der Waals surface area (Å²) in [6.07, 6.45) is 0. The van der Waals surface area contributed by atoms with Crippen molar-refractivity contribution >= 4 is 11.5 Å². The van der Waals surface area contributed by atoms with Crippen LogP contribution in [0.4, 0.5) is 10.1 Å². The van der Waals surface area contributed by atoms with E-state index >= 15 is 0 Å². The summed E-state index contributed by atoms with van der Waals surface area (Å²) in [6.45, 7) is 6.04. The smallest absolute Gasteiger partial charge is 0.158 e. The Hall–Kier alpha value is -2.46.